The van der Waals surface area contributed by atoms with Crippen molar-refractivity contribution < 1.29 is 24.0 Å². The van der Waals surface area contributed by atoms with Crippen LogP contribution in [0.5, 0.6) is 0 Å². The van der Waals surface area contributed by atoms with Crippen LogP contribution < -0.4 is 16.0 Å². The Labute approximate surface area is 311 Å². The molecule has 3 aliphatic rings. The number of aromatic amines is 1. The number of benzene rings is 3. The number of piperidine rings is 1. The second-order valence-electron chi connectivity index (χ2n) is 14.5. The summed E-state index contributed by atoms with van der Waals surface area (Å²) in [5, 5.41) is 14.0. The van der Waals surface area contributed by atoms with Gasteiger partial charge in [0.25, 0.3) is 17.7 Å². The molecule has 2 atom stereocenters. The first-order valence-corrected chi connectivity index (χ1v) is 18.8. The van der Waals surface area contributed by atoms with Gasteiger partial charge in [-0.3, -0.25) is 43.8 Å². The van der Waals surface area contributed by atoms with E-state index in [0.717, 1.165) is 78.0 Å². The van der Waals surface area contributed by atoms with Crippen LogP contribution in [0.15, 0.2) is 60.8 Å². The lowest BCUT2D eigenvalue weighted by molar-refractivity contribution is -0.136. The van der Waals surface area contributed by atoms with Gasteiger partial charge in [0.05, 0.1) is 40.4 Å². The topological polar surface area (TPSA) is 174 Å². The number of unbranched alkanes of at least 4 members (excludes halogenated alkanes) is 3. The fourth-order valence-corrected chi connectivity index (χ4v) is 7.87. The van der Waals surface area contributed by atoms with Crippen molar-refractivity contribution in [3.8, 4) is 0 Å². The molecule has 2 unspecified atom stereocenters. The Morgan fingerprint density at radius 2 is 1.83 bits per heavy atom. The van der Waals surface area contributed by atoms with Crippen LogP contribution in [-0.4, -0.2) is 84.3 Å². The summed E-state index contributed by atoms with van der Waals surface area (Å²) >= 11 is 0. The number of hydrogen-bond donors (Lipinski definition) is 4. The second kappa shape index (κ2) is 14.9. The van der Waals surface area contributed by atoms with E-state index in [1.165, 1.54) is 12.8 Å². The van der Waals surface area contributed by atoms with Crippen molar-refractivity contribution in [2.45, 2.75) is 83.5 Å². The van der Waals surface area contributed by atoms with Crippen molar-refractivity contribution >= 4 is 62.8 Å². The molecular weight excluding hydrogens is 686 g/mol. The third kappa shape index (κ3) is 6.96. The normalized spacial score (nSPS) is 18.9. The number of rotatable bonds is 13. The summed E-state index contributed by atoms with van der Waals surface area (Å²) in [7, 11) is 0. The maximum atomic E-state index is 13.3. The lowest BCUT2D eigenvalue weighted by atomic mass is 10.0. The first-order valence-electron chi connectivity index (χ1n) is 18.8. The standard InChI is InChI=1S/C40H43N9O5/c1-24-8-7-18-47(24)23-34-44-29-13-12-27(21-31(29)45-34)43-37(51)25-11-14-32-26(20-25)22-42-48(32)19-5-3-2-4-17-41-30-10-6-9-28-36(30)40(54)49(39(28)53)33-15-16-35(50)46-38(33)52/h6,9-14,20-22,24,33,41H,2-5,7-8,15-19,23H2,1H3,(H,43,51)(H,44,45)(H,46,50,52). The maximum Gasteiger partial charge on any atom is 0.264 e. The third-order valence-electron chi connectivity index (χ3n) is 10.8. The Balaban J connectivity index is 0.800. The van der Waals surface area contributed by atoms with E-state index >= 15 is 0 Å². The molecule has 54 heavy (non-hydrogen) atoms. The molecule has 14 nitrogen and oxygen atoms in total. The molecule has 278 valence electrons. The first kappa shape index (κ1) is 35.2. The van der Waals surface area contributed by atoms with Gasteiger partial charge in [-0.2, -0.15) is 5.10 Å². The average molecular weight is 730 g/mol. The molecule has 5 aromatic rings. The van der Waals surface area contributed by atoms with Crippen LogP contribution in [0, 0.1) is 0 Å². The smallest absolute Gasteiger partial charge is 0.264 e. The molecule has 2 fully saturated rings. The van der Waals surface area contributed by atoms with E-state index in [-0.39, 0.29) is 29.9 Å². The number of nitrogens with zero attached hydrogens (tertiary/aromatic N) is 5. The summed E-state index contributed by atoms with van der Waals surface area (Å²) in [6.45, 7) is 5.50. The van der Waals surface area contributed by atoms with Gasteiger partial charge in [0.15, 0.2) is 0 Å². The highest BCUT2D eigenvalue weighted by Crippen LogP contribution is 2.32. The highest BCUT2D eigenvalue weighted by Gasteiger charge is 2.45. The number of H-pyrrole nitrogens is 1. The van der Waals surface area contributed by atoms with Crippen LogP contribution in [0.3, 0.4) is 0 Å². The van der Waals surface area contributed by atoms with Gasteiger partial charge < -0.3 is 15.6 Å². The van der Waals surface area contributed by atoms with Gasteiger partial charge >= 0.3 is 0 Å². The summed E-state index contributed by atoms with van der Waals surface area (Å²) in [4.78, 5) is 75.2. The fourth-order valence-electron chi connectivity index (χ4n) is 7.87. The number of likely N-dealkylation sites (tertiary alicyclic amines) is 1. The summed E-state index contributed by atoms with van der Waals surface area (Å²) in [6.07, 6.45) is 8.12. The molecule has 0 radical (unpaired) electrons. The zero-order valence-electron chi connectivity index (χ0n) is 30.2. The van der Waals surface area contributed by atoms with Crippen LogP contribution in [0.2, 0.25) is 0 Å². The molecule has 5 amide bonds. The van der Waals surface area contributed by atoms with Gasteiger partial charge in [-0.05, 0) is 94.1 Å². The minimum absolute atomic E-state index is 0.0798. The third-order valence-corrected chi connectivity index (χ3v) is 10.8. The minimum atomic E-state index is -0.992. The van der Waals surface area contributed by atoms with Crippen LogP contribution in [0.1, 0.15) is 95.2 Å². The monoisotopic (exact) mass is 729 g/mol. The fraction of sp³-hybridized carbons (Fsp3) is 0.375. The Morgan fingerprint density at radius 1 is 0.963 bits per heavy atom. The summed E-state index contributed by atoms with van der Waals surface area (Å²) < 4.78 is 1.96. The number of imidazole rings is 1. The number of aryl methyl sites for hydroxylation is 1. The number of carbonyl (C=O) groups is 5. The van der Waals surface area contributed by atoms with E-state index in [2.05, 4.69) is 37.9 Å². The van der Waals surface area contributed by atoms with Gasteiger partial charge in [0.1, 0.15) is 11.9 Å². The molecule has 0 aliphatic carbocycles. The number of amides is 5. The van der Waals surface area contributed by atoms with Crippen molar-refractivity contribution in [2.75, 3.05) is 23.7 Å². The van der Waals surface area contributed by atoms with Crippen LogP contribution in [0.25, 0.3) is 21.9 Å². The number of carbonyl (C=O) groups excluding carboxylic acids is 5. The van der Waals surface area contributed by atoms with E-state index < -0.39 is 29.7 Å². The predicted molar refractivity (Wildman–Crippen MR) is 203 cm³/mol. The molecule has 3 aliphatic heterocycles. The quantitative estimate of drug-likeness (QED) is 0.0936. The molecular formula is C40H43N9O5. The highest BCUT2D eigenvalue weighted by atomic mass is 16.2. The van der Waals surface area contributed by atoms with Crippen molar-refractivity contribution in [1.82, 2.24) is 34.9 Å². The Morgan fingerprint density at radius 3 is 2.67 bits per heavy atom. The van der Waals surface area contributed by atoms with E-state index in [4.69, 9.17) is 4.98 Å². The Bertz CT molecular complexity index is 2290. The molecule has 0 spiro atoms. The predicted octanol–water partition coefficient (Wildman–Crippen LogP) is 5.22. The SMILES string of the molecule is CC1CCCN1Cc1nc2ccc(NC(=O)c3ccc4c(cnn4CCCCCCNc4cccc5c4C(=O)N(C4CCC(=O)NC4=O)C5=O)c3)cc2[nH]1. The summed E-state index contributed by atoms with van der Waals surface area (Å²) in [5.41, 5.74) is 5.10. The lowest BCUT2D eigenvalue weighted by Crippen LogP contribution is -2.54. The summed E-state index contributed by atoms with van der Waals surface area (Å²) in [6, 6.07) is 16.0. The summed E-state index contributed by atoms with van der Waals surface area (Å²) in [5.74, 6) is -1.31. The van der Waals surface area contributed by atoms with Gasteiger partial charge in [-0.25, -0.2) is 4.98 Å². The van der Waals surface area contributed by atoms with E-state index in [0.29, 0.717) is 29.5 Å². The van der Waals surface area contributed by atoms with Gasteiger partial charge in [-0.1, -0.05) is 18.9 Å². The zero-order valence-corrected chi connectivity index (χ0v) is 30.2. The second-order valence-corrected chi connectivity index (χ2v) is 14.5. The molecule has 8 rings (SSSR count). The van der Waals surface area contributed by atoms with Gasteiger partial charge in [0, 0.05) is 47.9 Å². The first-order chi connectivity index (χ1) is 26.2. The zero-order chi connectivity index (χ0) is 37.3. The Hall–Kier alpha value is -5.89. The van der Waals surface area contributed by atoms with Gasteiger partial charge in [-0.15, -0.1) is 0 Å². The van der Waals surface area contributed by atoms with Crippen LogP contribution in [0.4, 0.5) is 11.4 Å². The molecule has 4 N–H and O–H groups in total. The van der Waals surface area contributed by atoms with Crippen LogP contribution in [-0.2, 0) is 22.7 Å². The molecule has 2 aromatic heterocycles. The molecule has 14 heteroatoms. The maximum absolute atomic E-state index is 13.3. The molecule has 2 saturated heterocycles. The number of imide groups is 2. The Kier molecular flexibility index (Phi) is 9.67. The van der Waals surface area contributed by atoms with Crippen LogP contribution >= 0.6 is 0 Å². The number of anilines is 2. The van der Waals surface area contributed by atoms with Gasteiger partial charge in [0.2, 0.25) is 11.8 Å². The highest BCUT2D eigenvalue weighted by molar-refractivity contribution is 6.25. The minimum Gasteiger partial charge on any atom is -0.384 e. The van der Waals surface area contributed by atoms with Crippen molar-refractivity contribution in [2.24, 2.45) is 0 Å². The lowest BCUT2D eigenvalue weighted by Gasteiger charge is -2.27. The molecule has 5 heterocycles. The van der Waals surface area contributed by atoms with E-state index in [9.17, 15) is 24.0 Å². The molecule has 3 aromatic carbocycles. The van der Waals surface area contributed by atoms with Crippen molar-refractivity contribution in [1.29, 1.82) is 0 Å². The van der Waals surface area contributed by atoms with E-state index in [1.54, 1.807) is 24.4 Å². The molecule has 0 bridgehead atoms. The average Bonchev–Trinajstić information content (AvgIpc) is 3.93. The number of fused-ring (bicyclic) bond motifs is 3. The number of nitrogens with one attached hydrogen (secondary N) is 4. The molecule has 0 saturated carbocycles. The number of hydrogen-bond acceptors (Lipinski definition) is 9. The van der Waals surface area contributed by atoms with Crippen molar-refractivity contribution in [3.05, 3.63) is 83.3 Å². The largest absolute Gasteiger partial charge is 0.384 e. The number of aromatic nitrogens is 4. The van der Waals surface area contributed by atoms with Crippen molar-refractivity contribution in [3.63, 3.8) is 0 Å². The van der Waals surface area contributed by atoms with E-state index in [1.807, 2.05) is 41.1 Å².